The molecule has 0 aliphatic rings. The molecule has 0 aliphatic heterocycles. The molecule has 2 nitrogen and oxygen atoms in total. The fraction of sp³-hybridized carbons (Fsp3) is 0.167. The van der Waals surface area contributed by atoms with Gasteiger partial charge in [-0.05, 0) is 0 Å². The normalized spacial score (nSPS) is 12.4. The summed E-state index contributed by atoms with van der Waals surface area (Å²) in [5.41, 5.74) is 2.44. The Labute approximate surface area is 216 Å². The molecule has 0 amide bonds. The molecule has 4 aromatic carbocycles. The Bertz CT molecular complexity index is 1200. The van der Waals surface area contributed by atoms with Crippen LogP contribution in [0.3, 0.4) is 0 Å². The van der Waals surface area contributed by atoms with E-state index in [1.807, 2.05) is 0 Å². The predicted molar refractivity (Wildman–Crippen MR) is 155 cm³/mol. The molecule has 0 saturated heterocycles. The number of benzene rings is 4. The number of hydrogen-bond acceptors (Lipinski definition) is 2. The minimum absolute atomic E-state index is 1.11. The summed E-state index contributed by atoms with van der Waals surface area (Å²) in [6.07, 6.45) is 0. The summed E-state index contributed by atoms with van der Waals surface area (Å²) in [7, 11) is 8.43. The second kappa shape index (κ2) is 9.16. The summed E-state index contributed by atoms with van der Waals surface area (Å²) in [6, 6.07) is 21.9. The Morgan fingerprint density at radius 1 is 0.581 bits per heavy atom. The van der Waals surface area contributed by atoms with Crippen LogP contribution in [0.4, 0.5) is 11.4 Å². The standard InChI is InChI=1S/C24H22Br4N2Te/c1-29(2)19-13-11-17(25)15-7-5-9-21(23(15)19)31(27,28)22-10-6-8-16-18(26)12-14-20(24(16)22)30(3)4/h5-14H,1-4H3. The van der Waals surface area contributed by atoms with Crippen LogP contribution in [0.2, 0.25) is 0 Å². The van der Waals surface area contributed by atoms with Gasteiger partial charge in [-0.1, -0.05) is 0 Å². The van der Waals surface area contributed by atoms with E-state index in [0.717, 1.165) is 8.95 Å². The van der Waals surface area contributed by atoms with Gasteiger partial charge in [-0.3, -0.25) is 0 Å². The first-order valence-electron chi connectivity index (χ1n) is 9.64. The molecule has 0 spiro atoms. The number of rotatable bonds is 4. The number of halogens is 4. The van der Waals surface area contributed by atoms with Crippen molar-refractivity contribution in [1.82, 2.24) is 0 Å². The molecule has 0 fully saturated rings. The van der Waals surface area contributed by atoms with Gasteiger partial charge < -0.3 is 0 Å². The van der Waals surface area contributed by atoms with Crippen LogP contribution in [0.5, 0.6) is 0 Å². The Hall–Kier alpha value is -0.290. The molecule has 0 radical (unpaired) electrons. The second-order valence-corrected chi connectivity index (χ2v) is 33.5. The first-order valence-corrected chi connectivity index (χ1v) is 24.0. The van der Waals surface area contributed by atoms with E-state index in [-0.39, 0.29) is 0 Å². The van der Waals surface area contributed by atoms with Gasteiger partial charge >= 0.3 is 219 Å². The quantitative estimate of drug-likeness (QED) is 0.206. The van der Waals surface area contributed by atoms with Crippen molar-refractivity contribution in [2.24, 2.45) is 0 Å². The predicted octanol–water partition coefficient (Wildman–Crippen LogP) is 7.00. The minimum atomic E-state index is -3.14. The van der Waals surface area contributed by atoms with Crippen LogP contribution in [0.1, 0.15) is 0 Å². The van der Waals surface area contributed by atoms with E-state index in [1.54, 1.807) is 0 Å². The van der Waals surface area contributed by atoms with Gasteiger partial charge in [0, 0.05) is 0 Å². The third kappa shape index (κ3) is 4.20. The zero-order valence-electron chi connectivity index (χ0n) is 17.6. The number of nitrogens with zero attached hydrogens (tertiary/aromatic N) is 2. The molecule has 0 bridgehead atoms. The Balaban J connectivity index is 2.12. The number of anilines is 2. The summed E-state index contributed by atoms with van der Waals surface area (Å²) in [5, 5.41) is 5.03. The van der Waals surface area contributed by atoms with Crippen LogP contribution in [0, 0.1) is 0 Å². The van der Waals surface area contributed by atoms with E-state index in [9.17, 15) is 0 Å². The third-order valence-electron chi connectivity index (χ3n) is 5.37. The van der Waals surface area contributed by atoms with Crippen molar-refractivity contribution >= 4 is 111 Å². The first kappa shape index (κ1) is 23.9. The van der Waals surface area contributed by atoms with Crippen molar-refractivity contribution in [1.29, 1.82) is 0 Å². The zero-order chi connectivity index (χ0) is 22.5. The Kier molecular flexibility index (Phi) is 7.05. The van der Waals surface area contributed by atoms with Crippen molar-refractivity contribution in [3.63, 3.8) is 0 Å². The average molecular weight is 786 g/mol. The number of hydrogen-bond donors (Lipinski definition) is 0. The van der Waals surface area contributed by atoms with Crippen molar-refractivity contribution < 1.29 is 0 Å². The molecule has 0 atom stereocenters. The molecule has 4 rings (SSSR count). The maximum absolute atomic E-state index is 4.30. The fourth-order valence-corrected chi connectivity index (χ4v) is 16.9. The molecule has 0 aliphatic carbocycles. The van der Waals surface area contributed by atoms with E-state index in [4.69, 9.17) is 0 Å². The fourth-order valence-electron chi connectivity index (χ4n) is 3.93. The monoisotopic (exact) mass is 784 g/mol. The first-order chi connectivity index (χ1) is 14.6. The molecule has 4 aromatic rings. The summed E-state index contributed by atoms with van der Waals surface area (Å²) < 4.78 is 4.93. The van der Waals surface area contributed by atoms with Crippen LogP contribution in [0.25, 0.3) is 21.5 Å². The molecule has 0 heterocycles. The van der Waals surface area contributed by atoms with Crippen LogP contribution < -0.4 is 17.0 Å². The van der Waals surface area contributed by atoms with Crippen LogP contribution in [0.15, 0.2) is 69.6 Å². The molecule has 0 unspecified atom stereocenters. The van der Waals surface area contributed by atoms with E-state index in [1.165, 1.54) is 40.1 Å². The summed E-state index contributed by atoms with van der Waals surface area (Å²) in [4.78, 5) is 4.39. The van der Waals surface area contributed by atoms with Crippen LogP contribution in [-0.4, -0.2) is 42.0 Å². The van der Waals surface area contributed by atoms with Crippen molar-refractivity contribution in [2.45, 2.75) is 0 Å². The van der Waals surface area contributed by atoms with Gasteiger partial charge in [0.25, 0.3) is 0 Å². The van der Waals surface area contributed by atoms with Crippen molar-refractivity contribution in [3.8, 4) is 0 Å². The van der Waals surface area contributed by atoms with Gasteiger partial charge in [0.05, 0.1) is 0 Å². The van der Waals surface area contributed by atoms with Gasteiger partial charge in [-0.15, -0.1) is 0 Å². The Morgan fingerprint density at radius 2 is 0.968 bits per heavy atom. The maximum atomic E-state index is 4.30. The molecular formula is C24H22Br4N2Te. The van der Waals surface area contributed by atoms with Gasteiger partial charge in [0.15, 0.2) is 0 Å². The number of fused-ring (bicyclic) bond motifs is 2. The molecular weight excluding hydrogens is 763 g/mol. The average Bonchev–Trinajstić information content (AvgIpc) is 2.73. The van der Waals surface area contributed by atoms with Crippen molar-refractivity contribution in [2.75, 3.05) is 38.0 Å². The van der Waals surface area contributed by atoms with E-state index < -0.39 is 13.8 Å². The Morgan fingerprint density at radius 3 is 1.32 bits per heavy atom. The zero-order valence-corrected chi connectivity index (χ0v) is 26.3. The molecule has 0 N–H and O–H groups in total. The van der Waals surface area contributed by atoms with Crippen LogP contribution >= 0.6 is 57.4 Å². The summed E-state index contributed by atoms with van der Waals surface area (Å²) >= 11 is 13.0. The van der Waals surface area contributed by atoms with Gasteiger partial charge in [0.2, 0.25) is 0 Å². The SMILES string of the molecule is CN(C)c1ccc(Br)c2cccc([Te](Br)(Br)c3cccc4c(Br)ccc(N(C)C)c34)c12. The molecule has 31 heavy (non-hydrogen) atoms. The molecule has 7 heteroatoms. The van der Waals surface area contributed by atoms with E-state index in [0.29, 0.717) is 0 Å². The second-order valence-electron chi connectivity index (χ2n) is 7.75. The molecule has 0 saturated carbocycles. The molecule has 0 aromatic heterocycles. The van der Waals surface area contributed by atoms with Crippen molar-refractivity contribution in [3.05, 3.63) is 69.6 Å². The van der Waals surface area contributed by atoms with Gasteiger partial charge in [-0.2, -0.15) is 0 Å². The van der Waals surface area contributed by atoms with E-state index >= 15 is 0 Å². The molecule has 162 valence electrons. The summed E-state index contributed by atoms with van der Waals surface area (Å²) in [5.74, 6) is 0. The van der Waals surface area contributed by atoms with E-state index in [2.05, 4.69) is 156 Å². The van der Waals surface area contributed by atoms with Gasteiger partial charge in [-0.25, -0.2) is 0 Å². The van der Waals surface area contributed by atoms with Gasteiger partial charge in [0.1, 0.15) is 0 Å². The van der Waals surface area contributed by atoms with Crippen LogP contribution in [-0.2, 0) is 0 Å². The summed E-state index contributed by atoms with van der Waals surface area (Å²) in [6.45, 7) is 0. The third-order valence-corrected chi connectivity index (χ3v) is 21.2. The topological polar surface area (TPSA) is 6.48 Å².